The lowest BCUT2D eigenvalue weighted by atomic mass is 10.2. The van der Waals surface area contributed by atoms with Gasteiger partial charge >= 0.3 is 0 Å². The van der Waals surface area contributed by atoms with E-state index in [-0.39, 0.29) is 0 Å². The summed E-state index contributed by atoms with van der Waals surface area (Å²) in [5.74, 6) is 1.57. The Morgan fingerprint density at radius 2 is 1.86 bits per heavy atom. The van der Waals surface area contributed by atoms with E-state index in [1.165, 1.54) is 5.56 Å². The fraction of sp³-hybridized carbons (Fsp3) is 0.312. The van der Waals surface area contributed by atoms with Crippen LogP contribution in [0.5, 0.6) is 0 Å². The van der Waals surface area contributed by atoms with E-state index in [1.807, 2.05) is 43.6 Å². The van der Waals surface area contributed by atoms with E-state index < -0.39 is 0 Å². The number of halogens is 1. The Labute approximate surface area is 128 Å². The molecule has 0 amide bonds. The molecule has 3 heterocycles. The largest absolute Gasteiger partial charge is 0.312 e. The highest BCUT2D eigenvalue weighted by molar-refractivity contribution is 6.17. The van der Waals surface area contributed by atoms with Crippen LogP contribution in [0, 0.1) is 6.92 Å². The quantitative estimate of drug-likeness (QED) is 0.680. The molecule has 5 heteroatoms. The average molecular weight is 301 g/mol. The van der Waals surface area contributed by atoms with Crippen LogP contribution in [0.4, 0.5) is 0 Å². The van der Waals surface area contributed by atoms with Gasteiger partial charge in [-0.2, -0.15) is 0 Å². The number of imidazole rings is 1. The molecular weight excluding hydrogens is 284 g/mol. The summed E-state index contributed by atoms with van der Waals surface area (Å²) < 4.78 is 2.19. The van der Waals surface area contributed by atoms with E-state index in [4.69, 9.17) is 11.6 Å². The summed E-state index contributed by atoms with van der Waals surface area (Å²) >= 11 is 5.90. The molecule has 3 rings (SSSR count). The SMILES string of the molecule is Cc1ccc2nc(CCCl)n(CCc3ccncc3)c2n1. The minimum absolute atomic E-state index is 0.567. The zero-order valence-corrected chi connectivity index (χ0v) is 12.7. The zero-order chi connectivity index (χ0) is 14.7. The summed E-state index contributed by atoms with van der Waals surface area (Å²) in [6.07, 6.45) is 5.33. The predicted molar refractivity (Wildman–Crippen MR) is 84.6 cm³/mol. The molecule has 4 nitrogen and oxygen atoms in total. The fourth-order valence-corrected chi connectivity index (χ4v) is 2.61. The Morgan fingerprint density at radius 1 is 1.05 bits per heavy atom. The maximum Gasteiger partial charge on any atom is 0.160 e. The van der Waals surface area contributed by atoms with Crippen molar-refractivity contribution < 1.29 is 0 Å². The molecule has 3 aromatic rings. The Kier molecular flexibility index (Phi) is 4.15. The maximum absolute atomic E-state index is 5.90. The molecule has 0 fully saturated rings. The minimum atomic E-state index is 0.567. The van der Waals surface area contributed by atoms with Gasteiger partial charge < -0.3 is 4.57 Å². The number of hydrogen-bond acceptors (Lipinski definition) is 3. The highest BCUT2D eigenvalue weighted by atomic mass is 35.5. The fourth-order valence-electron chi connectivity index (χ4n) is 2.44. The first-order valence-corrected chi connectivity index (χ1v) is 7.59. The Hall–Kier alpha value is -1.94. The predicted octanol–water partition coefficient (Wildman–Crippen LogP) is 3.16. The second kappa shape index (κ2) is 6.22. The van der Waals surface area contributed by atoms with Crippen LogP contribution in [0.1, 0.15) is 17.1 Å². The van der Waals surface area contributed by atoms with Gasteiger partial charge in [0.15, 0.2) is 5.65 Å². The minimum Gasteiger partial charge on any atom is -0.312 e. The van der Waals surface area contributed by atoms with E-state index in [0.717, 1.165) is 42.1 Å². The Balaban J connectivity index is 1.94. The van der Waals surface area contributed by atoms with Crippen molar-refractivity contribution in [2.45, 2.75) is 26.3 Å². The van der Waals surface area contributed by atoms with E-state index >= 15 is 0 Å². The van der Waals surface area contributed by atoms with Gasteiger partial charge in [-0.15, -0.1) is 11.6 Å². The first kappa shape index (κ1) is 14.0. The van der Waals surface area contributed by atoms with Crippen LogP contribution < -0.4 is 0 Å². The summed E-state index contributed by atoms with van der Waals surface area (Å²) in [5, 5.41) is 0. The van der Waals surface area contributed by atoms with Crippen molar-refractivity contribution >= 4 is 22.8 Å². The number of rotatable bonds is 5. The van der Waals surface area contributed by atoms with Crippen LogP contribution in [0.15, 0.2) is 36.7 Å². The van der Waals surface area contributed by atoms with Gasteiger partial charge in [0.25, 0.3) is 0 Å². The monoisotopic (exact) mass is 300 g/mol. The van der Waals surface area contributed by atoms with Crippen molar-refractivity contribution in [1.29, 1.82) is 0 Å². The molecule has 0 aliphatic rings. The Morgan fingerprint density at radius 3 is 2.62 bits per heavy atom. The number of aromatic nitrogens is 4. The van der Waals surface area contributed by atoms with Gasteiger partial charge in [0, 0.05) is 36.9 Å². The van der Waals surface area contributed by atoms with Gasteiger partial charge in [0.1, 0.15) is 11.3 Å². The first-order valence-electron chi connectivity index (χ1n) is 7.05. The molecule has 0 saturated heterocycles. The molecule has 0 aromatic carbocycles. The standard InChI is InChI=1S/C16H17ClN4/c1-12-2-3-14-16(19-12)21(15(20-14)4-8-17)11-7-13-5-9-18-10-6-13/h2-3,5-6,9-10H,4,7-8,11H2,1H3. The van der Waals surface area contributed by atoms with Crippen molar-refractivity contribution in [2.75, 3.05) is 5.88 Å². The van der Waals surface area contributed by atoms with Gasteiger partial charge in [-0.3, -0.25) is 4.98 Å². The number of nitrogens with zero attached hydrogens (tertiary/aromatic N) is 4. The van der Waals surface area contributed by atoms with Gasteiger partial charge in [-0.1, -0.05) is 0 Å². The maximum atomic E-state index is 5.90. The molecule has 0 radical (unpaired) electrons. The second-order valence-corrected chi connectivity index (χ2v) is 5.40. The van der Waals surface area contributed by atoms with Crippen molar-refractivity contribution in [2.24, 2.45) is 0 Å². The lowest BCUT2D eigenvalue weighted by Crippen LogP contribution is -2.08. The molecule has 0 atom stereocenters. The van der Waals surface area contributed by atoms with Gasteiger partial charge in [0.05, 0.1) is 0 Å². The Bertz CT molecular complexity index is 737. The average Bonchev–Trinajstić information content (AvgIpc) is 2.83. The highest BCUT2D eigenvalue weighted by Gasteiger charge is 2.11. The molecule has 0 spiro atoms. The third-order valence-electron chi connectivity index (χ3n) is 3.50. The number of hydrogen-bond donors (Lipinski definition) is 0. The number of fused-ring (bicyclic) bond motifs is 1. The summed E-state index contributed by atoms with van der Waals surface area (Å²) in [4.78, 5) is 13.3. The zero-order valence-electron chi connectivity index (χ0n) is 12.0. The van der Waals surface area contributed by atoms with E-state index in [9.17, 15) is 0 Å². The lowest BCUT2D eigenvalue weighted by molar-refractivity contribution is 0.669. The number of alkyl halides is 1. The van der Waals surface area contributed by atoms with Crippen molar-refractivity contribution in [1.82, 2.24) is 19.5 Å². The lowest BCUT2D eigenvalue weighted by Gasteiger charge is -2.08. The third-order valence-corrected chi connectivity index (χ3v) is 3.69. The van der Waals surface area contributed by atoms with Crippen LogP contribution in [-0.2, 0) is 19.4 Å². The highest BCUT2D eigenvalue weighted by Crippen LogP contribution is 2.16. The van der Waals surface area contributed by atoms with Crippen molar-refractivity contribution in [3.63, 3.8) is 0 Å². The molecule has 0 N–H and O–H groups in total. The van der Waals surface area contributed by atoms with E-state index in [2.05, 4.69) is 19.5 Å². The van der Waals surface area contributed by atoms with Crippen LogP contribution >= 0.6 is 11.6 Å². The van der Waals surface area contributed by atoms with E-state index in [1.54, 1.807) is 0 Å². The molecule has 0 unspecified atom stereocenters. The second-order valence-electron chi connectivity index (χ2n) is 5.02. The molecule has 3 aromatic heterocycles. The van der Waals surface area contributed by atoms with Crippen LogP contribution in [0.3, 0.4) is 0 Å². The van der Waals surface area contributed by atoms with Crippen LogP contribution in [-0.4, -0.2) is 25.4 Å². The van der Waals surface area contributed by atoms with Crippen LogP contribution in [0.2, 0.25) is 0 Å². The van der Waals surface area contributed by atoms with Crippen LogP contribution in [0.25, 0.3) is 11.2 Å². The molecule has 0 bridgehead atoms. The number of pyridine rings is 2. The van der Waals surface area contributed by atoms with Gasteiger partial charge in [0.2, 0.25) is 0 Å². The van der Waals surface area contributed by atoms with Crippen molar-refractivity contribution in [3.05, 3.63) is 53.7 Å². The summed E-state index contributed by atoms with van der Waals surface area (Å²) in [6.45, 7) is 2.85. The molecule has 0 aliphatic heterocycles. The smallest absolute Gasteiger partial charge is 0.160 e. The molecule has 0 aliphatic carbocycles. The molecule has 0 saturated carbocycles. The number of aryl methyl sites for hydroxylation is 4. The van der Waals surface area contributed by atoms with Gasteiger partial charge in [-0.25, -0.2) is 9.97 Å². The third kappa shape index (κ3) is 3.05. The summed E-state index contributed by atoms with van der Waals surface area (Å²) in [7, 11) is 0. The first-order chi connectivity index (χ1) is 10.3. The topological polar surface area (TPSA) is 43.6 Å². The molecular formula is C16H17ClN4. The summed E-state index contributed by atoms with van der Waals surface area (Å²) in [6, 6.07) is 8.10. The molecule has 21 heavy (non-hydrogen) atoms. The summed E-state index contributed by atoms with van der Waals surface area (Å²) in [5.41, 5.74) is 4.15. The normalized spacial score (nSPS) is 11.1. The van der Waals surface area contributed by atoms with Crippen molar-refractivity contribution in [3.8, 4) is 0 Å². The molecule has 108 valence electrons. The van der Waals surface area contributed by atoms with Gasteiger partial charge in [-0.05, 0) is 43.2 Å². The van der Waals surface area contributed by atoms with E-state index in [0.29, 0.717) is 5.88 Å².